The lowest BCUT2D eigenvalue weighted by Gasteiger charge is -2.27. The fourth-order valence-electron chi connectivity index (χ4n) is 3.24. The molecule has 0 saturated carbocycles. The summed E-state index contributed by atoms with van der Waals surface area (Å²) in [5.41, 5.74) is 5.59. The smallest absolute Gasteiger partial charge is 0.0516 e. The van der Waals surface area contributed by atoms with Crippen molar-refractivity contribution >= 4 is 11.3 Å². The van der Waals surface area contributed by atoms with Crippen molar-refractivity contribution in [1.29, 1.82) is 0 Å². The van der Waals surface area contributed by atoms with E-state index in [9.17, 15) is 0 Å². The average Bonchev–Trinajstić information content (AvgIpc) is 2.56. The minimum absolute atomic E-state index is 0.207. The van der Waals surface area contributed by atoms with Gasteiger partial charge in [-0.1, -0.05) is 69.3 Å². The molecule has 1 aliphatic rings. The Bertz CT molecular complexity index is 659. The molecule has 0 aliphatic heterocycles. The highest BCUT2D eigenvalue weighted by Gasteiger charge is 2.19. The van der Waals surface area contributed by atoms with E-state index in [1.807, 2.05) is 0 Å². The molecule has 0 saturated heterocycles. The standard InChI is InChI=1S/C22H27N/c1-22(2,3)18-13-15-19(16-14-18)23-21-12-8-7-11-20(21)17-9-5-4-6-10-17/h4-6,9-11,13-16,21,23H,7-8,12H2,1-3H3. The Morgan fingerprint density at radius 2 is 1.61 bits per heavy atom. The van der Waals surface area contributed by atoms with E-state index in [2.05, 4.69) is 86.8 Å². The number of nitrogens with one attached hydrogen (secondary N) is 1. The van der Waals surface area contributed by atoms with E-state index in [4.69, 9.17) is 0 Å². The Balaban J connectivity index is 1.78. The lowest BCUT2D eigenvalue weighted by molar-refractivity contribution is 0.590. The lowest BCUT2D eigenvalue weighted by Crippen LogP contribution is -2.23. The highest BCUT2D eigenvalue weighted by atomic mass is 14.9. The van der Waals surface area contributed by atoms with Gasteiger partial charge in [0.05, 0.1) is 6.04 Å². The topological polar surface area (TPSA) is 12.0 Å². The summed E-state index contributed by atoms with van der Waals surface area (Å²) in [5.74, 6) is 0. The molecular weight excluding hydrogens is 278 g/mol. The van der Waals surface area contributed by atoms with Crippen LogP contribution in [0.25, 0.3) is 5.57 Å². The summed E-state index contributed by atoms with van der Waals surface area (Å²) in [6, 6.07) is 20.1. The van der Waals surface area contributed by atoms with Crippen LogP contribution in [0.1, 0.15) is 51.2 Å². The van der Waals surface area contributed by atoms with Gasteiger partial charge in [-0.2, -0.15) is 0 Å². The van der Waals surface area contributed by atoms with E-state index < -0.39 is 0 Å². The van der Waals surface area contributed by atoms with Crippen molar-refractivity contribution in [2.75, 3.05) is 5.32 Å². The number of rotatable bonds is 3. The summed E-state index contributed by atoms with van der Waals surface area (Å²) in [6.07, 6.45) is 6.04. The van der Waals surface area contributed by atoms with E-state index in [1.54, 1.807) is 0 Å². The van der Waals surface area contributed by atoms with Crippen LogP contribution in [0.3, 0.4) is 0 Å². The van der Waals surface area contributed by atoms with E-state index in [0.717, 1.165) is 0 Å². The number of allylic oxidation sites excluding steroid dienone is 1. The monoisotopic (exact) mass is 305 g/mol. The molecular formula is C22H27N. The largest absolute Gasteiger partial charge is 0.378 e. The zero-order valence-electron chi connectivity index (χ0n) is 14.5. The van der Waals surface area contributed by atoms with Gasteiger partial charge in [0.2, 0.25) is 0 Å². The summed E-state index contributed by atoms with van der Waals surface area (Å²) < 4.78 is 0. The van der Waals surface area contributed by atoms with Crippen molar-refractivity contribution < 1.29 is 0 Å². The first-order valence-electron chi connectivity index (χ1n) is 8.66. The highest BCUT2D eigenvalue weighted by molar-refractivity contribution is 5.73. The van der Waals surface area contributed by atoms with Crippen molar-refractivity contribution in [2.45, 2.75) is 51.5 Å². The fraction of sp³-hybridized carbons (Fsp3) is 0.364. The molecule has 1 unspecified atom stereocenters. The number of hydrogen-bond acceptors (Lipinski definition) is 1. The zero-order valence-corrected chi connectivity index (χ0v) is 14.5. The normalized spacial score (nSPS) is 18.4. The highest BCUT2D eigenvalue weighted by Crippen LogP contribution is 2.30. The molecule has 1 heteroatoms. The van der Waals surface area contributed by atoms with E-state index >= 15 is 0 Å². The van der Waals surface area contributed by atoms with Gasteiger partial charge in [0.1, 0.15) is 0 Å². The van der Waals surface area contributed by atoms with Crippen LogP contribution in [0, 0.1) is 0 Å². The van der Waals surface area contributed by atoms with Crippen LogP contribution in [0.15, 0.2) is 60.7 Å². The quantitative estimate of drug-likeness (QED) is 0.729. The Labute approximate surface area is 140 Å². The first-order chi connectivity index (χ1) is 11.0. The van der Waals surface area contributed by atoms with Gasteiger partial charge >= 0.3 is 0 Å². The van der Waals surface area contributed by atoms with Gasteiger partial charge in [0.25, 0.3) is 0 Å². The molecule has 2 aromatic carbocycles. The molecule has 0 fully saturated rings. The van der Waals surface area contributed by atoms with Crippen molar-refractivity contribution in [1.82, 2.24) is 0 Å². The Morgan fingerprint density at radius 1 is 0.913 bits per heavy atom. The summed E-state index contributed by atoms with van der Waals surface area (Å²) in [6.45, 7) is 6.77. The minimum Gasteiger partial charge on any atom is -0.378 e. The molecule has 3 rings (SSSR count). The van der Waals surface area contributed by atoms with E-state index in [0.29, 0.717) is 6.04 Å². The van der Waals surface area contributed by atoms with Crippen LogP contribution in [0.2, 0.25) is 0 Å². The van der Waals surface area contributed by atoms with Crippen LogP contribution >= 0.6 is 0 Å². The number of anilines is 1. The molecule has 23 heavy (non-hydrogen) atoms. The molecule has 0 spiro atoms. The van der Waals surface area contributed by atoms with Gasteiger partial charge in [0.15, 0.2) is 0 Å². The molecule has 0 radical (unpaired) electrons. The first-order valence-corrected chi connectivity index (χ1v) is 8.66. The molecule has 120 valence electrons. The van der Waals surface area contributed by atoms with Gasteiger partial charge in [-0.05, 0) is 53.5 Å². The van der Waals surface area contributed by atoms with Gasteiger partial charge < -0.3 is 5.32 Å². The molecule has 1 N–H and O–H groups in total. The molecule has 0 amide bonds. The molecule has 0 bridgehead atoms. The summed E-state index contributed by atoms with van der Waals surface area (Å²) in [5, 5.41) is 3.74. The summed E-state index contributed by atoms with van der Waals surface area (Å²) in [4.78, 5) is 0. The zero-order chi connectivity index (χ0) is 16.3. The maximum atomic E-state index is 3.74. The van der Waals surface area contributed by atoms with E-state index in [1.165, 1.54) is 41.6 Å². The maximum absolute atomic E-state index is 3.74. The maximum Gasteiger partial charge on any atom is 0.0516 e. The molecule has 0 aromatic heterocycles. The summed E-state index contributed by atoms with van der Waals surface area (Å²) >= 11 is 0. The molecule has 1 atom stereocenters. The van der Waals surface area contributed by atoms with Gasteiger partial charge in [-0.3, -0.25) is 0 Å². The number of benzene rings is 2. The predicted molar refractivity (Wildman–Crippen MR) is 101 cm³/mol. The Kier molecular flexibility index (Phi) is 4.56. The minimum atomic E-state index is 0.207. The predicted octanol–water partition coefficient (Wildman–Crippen LogP) is 6.03. The Hall–Kier alpha value is -2.02. The van der Waals surface area contributed by atoms with E-state index in [-0.39, 0.29) is 5.41 Å². The van der Waals surface area contributed by atoms with Crippen molar-refractivity contribution in [2.24, 2.45) is 0 Å². The van der Waals surface area contributed by atoms with Crippen LogP contribution in [0.4, 0.5) is 5.69 Å². The van der Waals surface area contributed by atoms with Crippen LogP contribution in [-0.2, 0) is 5.41 Å². The first kappa shape index (κ1) is 15.9. The number of hydrogen-bond donors (Lipinski definition) is 1. The summed E-state index contributed by atoms with van der Waals surface area (Å²) in [7, 11) is 0. The van der Waals surface area contributed by atoms with Crippen molar-refractivity contribution in [3.63, 3.8) is 0 Å². The second-order valence-electron chi connectivity index (χ2n) is 7.48. The van der Waals surface area contributed by atoms with Crippen LogP contribution < -0.4 is 5.32 Å². The van der Waals surface area contributed by atoms with Crippen LogP contribution in [0.5, 0.6) is 0 Å². The van der Waals surface area contributed by atoms with Gasteiger partial charge in [-0.25, -0.2) is 0 Å². The third kappa shape index (κ3) is 3.85. The van der Waals surface area contributed by atoms with Crippen molar-refractivity contribution in [3.05, 3.63) is 71.8 Å². The second-order valence-corrected chi connectivity index (χ2v) is 7.48. The van der Waals surface area contributed by atoms with Crippen molar-refractivity contribution in [3.8, 4) is 0 Å². The third-order valence-corrected chi connectivity index (χ3v) is 4.64. The van der Waals surface area contributed by atoms with Crippen LogP contribution in [-0.4, -0.2) is 6.04 Å². The SMILES string of the molecule is CC(C)(C)c1ccc(NC2CCCC=C2c2ccccc2)cc1. The molecule has 2 aromatic rings. The Morgan fingerprint density at radius 3 is 2.26 bits per heavy atom. The lowest BCUT2D eigenvalue weighted by atomic mass is 9.86. The fourth-order valence-corrected chi connectivity index (χ4v) is 3.24. The van der Waals surface area contributed by atoms with Gasteiger partial charge in [0, 0.05) is 5.69 Å². The molecule has 1 aliphatic carbocycles. The molecule has 1 nitrogen and oxygen atoms in total. The van der Waals surface area contributed by atoms with Gasteiger partial charge in [-0.15, -0.1) is 0 Å². The second kappa shape index (κ2) is 6.62. The molecule has 0 heterocycles. The third-order valence-electron chi connectivity index (χ3n) is 4.64. The average molecular weight is 305 g/mol.